The lowest BCUT2D eigenvalue weighted by molar-refractivity contribution is -0.140. The van der Waals surface area contributed by atoms with E-state index < -0.39 is 29.5 Å². The van der Waals surface area contributed by atoms with Crippen molar-refractivity contribution < 1.29 is 22.4 Å². The normalized spacial score (nSPS) is 12.4. The summed E-state index contributed by atoms with van der Waals surface area (Å²) in [4.78, 5) is 12.7. The molecule has 0 aliphatic rings. The monoisotopic (exact) mass is 465 g/mol. The predicted octanol–water partition coefficient (Wildman–Crippen LogP) is 6.32. The van der Waals surface area contributed by atoms with Crippen LogP contribution < -0.4 is 5.32 Å². The second-order valence-corrected chi connectivity index (χ2v) is 7.38. The standard InChI is InChI=1S/C22H16BrF4NO/c23-17-8-4-7-15(12-17)20(11-14-5-2-1-3-6-14)28-21(29)16-9-10-19(24)18(13-16)22(25,26)27/h1-10,12-13,20H,11H2,(H,28,29)/t20-/m0/s1. The molecule has 0 bridgehead atoms. The molecule has 3 aromatic carbocycles. The first-order valence-electron chi connectivity index (χ1n) is 8.71. The zero-order valence-electron chi connectivity index (χ0n) is 15.0. The van der Waals surface area contributed by atoms with Crippen molar-refractivity contribution in [2.75, 3.05) is 0 Å². The van der Waals surface area contributed by atoms with Crippen LogP contribution in [-0.4, -0.2) is 5.91 Å². The molecule has 2 nitrogen and oxygen atoms in total. The average Bonchev–Trinajstić information content (AvgIpc) is 2.67. The summed E-state index contributed by atoms with van der Waals surface area (Å²) in [5, 5.41) is 2.77. The van der Waals surface area contributed by atoms with E-state index in [0.29, 0.717) is 18.6 Å². The summed E-state index contributed by atoms with van der Waals surface area (Å²) in [6.07, 6.45) is -4.44. The average molecular weight is 466 g/mol. The van der Waals surface area contributed by atoms with Gasteiger partial charge >= 0.3 is 6.18 Å². The Bertz CT molecular complexity index is 1010. The van der Waals surface area contributed by atoms with E-state index in [1.165, 1.54) is 0 Å². The SMILES string of the molecule is O=C(N[C@@H](Cc1ccccc1)c1cccc(Br)c1)c1ccc(F)c(C(F)(F)F)c1. The predicted molar refractivity (Wildman–Crippen MR) is 106 cm³/mol. The summed E-state index contributed by atoms with van der Waals surface area (Å²) in [6, 6.07) is 18.4. The third-order valence-corrected chi connectivity index (χ3v) is 4.87. The molecule has 0 aromatic heterocycles. The number of benzene rings is 3. The van der Waals surface area contributed by atoms with Crippen LogP contribution in [0.5, 0.6) is 0 Å². The van der Waals surface area contributed by atoms with Gasteiger partial charge in [-0.3, -0.25) is 4.79 Å². The van der Waals surface area contributed by atoms with Gasteiger partial charge in [-0.25, -0.2) is 4.39 Å². The fourth-order valence-electron chi connectivity index (χ4n) is 2.95. The molecular formula is C22H16BrF4NO. The zero-order chi connectivity index (χ0) is 21.0. The molecule has 1 atom stereocenters. The van der Waals surface area contributed by atoms with Gasteiger partial charge in [0.15, 0.2) is 0 Å². The van der Waals surface area contributed by atoms with E-state index >= 15 is 0 Å². The van der Waals surface area contributed by atoms with Gasteiger partial charge in [-0.2, -0.15) is 13.2 Å². The van der Waals surface area contributed by atoms with Gasteiger partial charge in [-0.05, 0) is 47.9 Å². The van der Waals surface area contributed by atoms with Gasteiger partial charge < -0.3 is 5.32 Å². The molecule has 7 heteroatoms. The van der Waals surface area contributed by atoms with Crippen LogP contribution in [-0.2, 0) is 12.6 Å². The highest BCUT2D eigenvalue weighted by Gasteiger charge is 2.34. The summed E-state index contributed by atoms with van der Waals surface area (Å²) < 4.78 is 53.3. The quantitative estimate of drug-likeness (QED) is 0.438. The second-order valence-electron chi connectivity index (χ2n) is 6.46. The summed E-state index contributed by atoms with van der Waals surface area (Å²) >= 11 is 3.39. The van der Waals surface area contributed by atoms with Crippen molar-refractivity contribution in [2.45, 2.75) is 18.6 Å². The molecular weight excluding hydrogens is 450 g/mol. The summed E-state index contributed by atoms with van der Waals surface area (Å²) in [7, 11) is 0. The minimum atomic E-state index is -4.88. The molecule has 0 aliphatic heterocycles. The van der Waals surface area contributed by atoms with Crippen molar-refractivity contribution in [3.05, 3.63) is 105 Å². The maximum atomic E-state index is 13.5. The van der Waals surface area contributed by atoms with Crippen molar-refractivity contribution in [3.63, 3.8) is 0 Å². The van der Waals surface area contributed by atoms with Crippen LogP contribution in [0.15, 0.2) is 77.3 Å². The van der Waals surface area contributed by atoms with Crippen molar-refractivity contribution in [2.24, 2.45) is 0 Å². The van der Waals surface area contributed by atoms with Gasteiger partial charge in [0, 0.05) is 10.0 Å². The largest absolute Gasteiger partial charge is 0.419 e. The Hall–Kier alpha value is -2.67. The Morgan fingerprint density at radius 1 is 0.966 bits per heavy atom. The molecule has 0 aliphatic carbocycles. The molecule has 0 spiro atoms. The van der Waals surface area contributed by atoms with Gasteiger partial charge in [0.05, 0.1) is 11.6 Å². The Labute approximate surface area is 173 Å². The number of nitrogens with one attached hydrogen (secondary N) is 1. The van der Waals surface area contributed by atoms with E-state index in [0.717, 1.165) is 21.7 Å². The van der Waals surface area contributed by atoms with Gasteiger partial charge in [0.2, 0.25) is 0 Å². The molecule has 0 saturated carbocycles. The van der Waals surface area contributed by atoms with Crippen LogP contribution in [0.25, 0.3) is 0 Å². The zero-order valence-corrected chi connectivity index (χ0v) is 16.6. The van der Waals surface area contributed by atoms with Crippen LogP contribution in [0, 0.1) is 5.82 Å². The van der Waals surface area contributed by atoms with E-state index in [1.54, 1.807) is 0 Å². The first-order valence-corrected chi connectivity index (χ1v) is 9.50. The maximum absolute atomic E-state index is 13.5. The number of hydrogen-bond acceptors (Lipinski definition) is 1. The van der Waals surface area contributed by atoms with Gasteiger partial charge in [0.1, 0.15) is 5.82 Å². The first-order chi connectivity index (χ1) is 13.7. The third kappa shape index (κ3) is 5.44. The summed E-state index contributed by atoms with van der Waals surface area (Å²) in [6.45, 7) is 0. The minimum absolute atomic E-state index is 0.258. The van der Waals surface area contributed by atoms with Crippen molar-refractivity contribution in [1.29, 1.82) is 0 Å². The first kappa shape index (κ1) is 21.0. The molecule has 1 N–H and O–H groups in total. The smallest absolute Gasteiger partial charge is 0.345 e. The molecule has 0 saturated heterocycles. The summed E-state index contributed by atoms with van der Waals surface area (Å²) in [5.41, 5.74) is 0.0154. The fraction of sp³-hybridized carbons (Fsp3) is 0.136. The third-order valence-electron chi connectivity index (χ3n) is 4.37. The van der Waals surface area contributed by atoms with E-state index in [1.807, 2.05) is 54.6 Å². The number of rotatable bonds is 5. The highest BCUT2D eigenvalue weighted by molar-refractivity contribution is 9.10. The molecule has 0 heterocycles. The van der Waals surface area contributed by atoms with Crippen LogP contribution in [0.3, 0.4) is 0 Å². The van der Waals surface area contributed by atoms with Crippen LogP contribution >= 0.6 is 15.9 Å². The van der Waals surface area contributed by atoms with Crippen LogP contribution in [0.1, 0.15) is 33.1 Å². The number of carbonyl (C=O) groups excluding carboxylic acids is 1. The Kier molecular flexibility index (Phi) is 6.37. The lowest BCUT2D eigenvalue weighted by Gasteiger charge is -2.20. The van der Waals surface area contributed by atoms with Gasteiger partial charge in [-0.15, -0.1) is 0 Å². The van der Waals surface area contributed by atoms with E-state index in [4.69, 9.17) is 0 Å². The van der Waals surface area contributed by atoms with Crippen LogP contribution in [0.2, 0.25) is 0 Å². The second kappa shape index (κ2) is 8.78. The Balaban J connectivity index is 1.90. The number of amides is 1. The lowest BCUT2D eigenvalue weighted by atomic mass is 9.98. The summed E-state index contributed by atoms with van der Waals surface area (Å²) in [5.74, 6) is -2.13. The number of hydrogen-bond donors (Lipinski definition) is 1. The molecule has 3 rings (SSSR count). The van der Waals surface area contributed by atoms with Crippen molar-refractivity contribution >= 4 is 21.8 Å². The van der Waals surface area contributed by atoms with Crippen molar-refractivity contribution in [3.8, 4) is 0 Å². The molecule has 29 heavy (non-hydrogen) atoms. The van der Waals surface area contributed by atoms with E-state index in [9.17, 15) is 22.4 Å². The molecule has 3 aromatic rings. The highest BCUT2D eigenvalue weighted by atomic mass is 79.9. The minimum Gasteiger partial charge on any atom is -0.345 e. The fourth-order valence-corrected chi connectivity index (χ4v) is 3.37. The highest BCUT2D eigenvalue weighted by Crippen LogP contribution is 2.32. The number of halogens is 5. The molecule has 1 amide bonds. The van der Waals surface area contributed by atoms with E-state index in [2.05, 4.69) is 21.2 Å². The Morgan fingerprint density at radius 3 is 2.34 bits per heavy atom. The number of alkyl halides is 3. The Morgan fingerprint density at radius 2 is 1.69 bits per heavy atom. The number of carbonyl (C=O) groups is 1. The molecule has 0 unspecified atom stereocenters. The lowest BCUT2D eigenvalue weighted by Crippen LogP contribution is -2.30. The van der Waals surface area contributed by atoms with Gasteiger partial charge in [-0.1, -0.05) is 58.4 Å². The maximum Gasteiger partial charge on any atom is 0.419 e. The molecule has 0 fully saturated rings. The van der Waals surface area contributed by atoms with Crippen molar-refractivity contribution in [1.82, 2.24) is 5.32 Å². The topological polar surface area (TPSA) is 29.1 Å². The van der Waals surface area contributed by atoms with Crippen LogP contribution in [0.4, 0.5) is 17.6 Å². The van der Waals surface area contributed by atoms with Gasteiger partial charge in [0.25, 0.3) is 5.91 Å². The van der Waals surface area contributed by atoms with E-state index in [-0.39, 0.29) is 5.56 Å². The molecule has 150 valence electrons. The molecule has 0 radical (unpaired) electrons.